The summed E-state index contributed by atoms with van der Waals surface area (Å²) in [5.41, 5.74) is 1.33. The molecule has 90 valence electrons. The molecule has 3 nitrogen and oxygen atoms in total. The monoisotopic (exact) mass is 221 g/mol. The molecule has 1 aromatic heterocycles. The van der Waals surface area contributed by atoms with Crippen molar-refractivity contribution in [2.24, 2.45) is 5.92 Å². The Kier molecular flexibility index (Phi) is 3.99. The molecular formula is C13H23N3. The Morgan fingerprint density at radius 3 is 2.94 bits per heavy atom. The second-order valence-electron chi connectivity index (χ2n) is 4.81. The minimum atomic E-state index is 0.656. The summed E-state index contributed by atoms with van der Waals surface area (Å²) in [6.45, 7) is 6.38. The van der Waals surface area contributed by atoms with Gasteiger partial charge in [0.2, 0.25) is 0 Å². The molecule has 1 aliphatic rings. The molecule has 3 heteroatoms. The number of nitrogens with zero attached hydrogens (tertiary/aromatic N) is 2. The first-order chi connectivity index (χ1) is 7.85. The van der Waals surface area contributed by atoms with Crippen LogP contribution in [-0.2, 0) is 6.54 Å². The lowest BCUT2D eigenvalue weighted by molar-refractivity contribution is 0.414. The summed E-state index contributed by atoms with van der Waals surface area (Å²) in [4.78, 5) is 4.29. The number of rotatable bonds is 7. The summed E-state index contributed by atoms with van der Waals surface area (Å²) in [5, 5.41) is 3.38. The van der Waals surface area contributed by atoms with Crippen LogP contribution in [0.15, 0.2) is 12.5 Å². The van der Waals surface area contributed by atoms with E-state index in [0.29, 0.717) is 6.04 Å². The van der Waals surface area contributed by atoms with Gasteiger partial charge in [-0.05, 0) is 25.3 Å². The summed E-state index contributed by atoms with van der Waals surface area (Å²) < 4.78 is 2.38. The molecule has 1 N–H and O–H groups in total. The van der Waals surface area contributed by atoms with Crippen LogP contribution in [-0.4, -0.2) is 16.1 Å². The Morgan fingerprint density at radius 1 is 1.50 bits per heavy atom. The van der Waals surface area contributed by atoms with Crippen molar-refractivity contribution in [3.05, 3.63) is 18.2 Å². The largest absolute Gasteiger partial charge is 0.330 e. The van der Waals surface area contributed by atoms with Crippen LogP contribution in [0.25, 0.3) is 0 Å². The zero-order valence-electron chi connectivity index (χ0n) is 10.4. The fraction of sp³-hybridized carbons (Fsp3) is 0.769. The molecule has 1 aromatic rings. The zero-order valence-corrected chi connectivity index (χ0v) is 10.4. The van der Waals surface area contributed by atoms with Gasteiger partial charge < -0.3 is 9.88 Å². The van der Waals surface area contributed by atoms with Gasteiger partial charge in [0.05, 0.1) is 12.0 Å². The minimum absolute atomic E-state index is 0.656. The molecule has 1 fully saturated rings. The molecule has 1 saturated carbocycles. The summed E-state index contributed by atoms with van der Waals surface area (Å²) >= 11 is 0. The van der Waals surface area contributed by atoms with E-state index < -0.39 is 0 Å². The predicted octanol–water partition coefficient (Wildman–Crippen LogP) is 2.74. The predicted molar refractivity (Wildman–Crippen MR) is 66.3 cm³/mol. The third-order valence-corrected chi connectivity index (χ3v) is 3.47. The van der Waals surface area contributed by atoms with Crippen LogP contribution in [0.1, 0.15) is 51.3 Å². The van der Waals surface area contributed by atoms with E-state index in [1.807, 2.05) is 12.5 Å². The van der Waals surface area contributed by atoms with E-state index in [2.05, 4.69) is 28.7 Å². The number of hydrogen-bond acceptors (Lipinski definition) is 2. The van der Waals surface area contributed by atoms with Gasteiger partial charge in [-0.2, -0.15) is 0 Å². The van der Waals surface area contributed by atoms with E-state index in [-0.39, 0.29) is 0 Å². The molecule has 2 rings (SSSR count). The zero-order chi connectivity index (χ0) is 11.4. The van der Waals surface area contributed by atoms with Crippen molar-refractivity contribution < 1.29 is 0 Å². The lowest BCUT2D eigenvalue weighted by atomic mass is 10.1. The normalized spacial score (nSPS) is 17.6. The van der Waals surface area contributed by atoms with E-state index in [4.69, 9.17) is 0 Å². The summed E-state index contributed by atoms with van der Waals surface area (Å²) in [5.74, 6) is 0.985. The molecule has 0 bridgehead atoms. The maximum absolute atomic E-state index is 4.29. The van der Waals surface area contributed by atoms with Gasteiger partial charge >= 0.3 is 0 Å². The van der Waals surface area contributed by atoms with Crippen molar-refractivity contribution in [2.75, 3.05) is 6.54 Å². The minimum Gasteiger partial charge on any atom is -0.330 e. The van der Waals surface area contributed by atoms with E-state index >= 15 is 0 Å². The summed E-state index contributed by atoms with van der Waals surface area (Å²) in [6, 6.07) is 0.656. The first kappa shape index (κ1) is 11.6. The van der Waals surface area contributed by atoms with Crippen LogP contribution >= 0.6 is 0 Å². The van der Waals surface area contributed by atoms with Gasteiger partial charge in [0.1, 0.15) is 0 Å². The second kappa shape index (κ2) is 5.48. The third kappa shape index (κ3) is 2.85. The maximum Gasteiger partial charge on any atom is 0.0951 e. The molecular weight excluding hydrogens is 198 g/mol. The van der Waals surface area contributed by atoms with Crippen molar-refractivity contribution in [2.45, 2.75) is 52.1 Å². The van der Waals surface area contributed by atoms with Crippen molar-refractivity contribution in [3.63, 3.8) is 0 Å². The molecule has 1 unspecified atom stereocenters. The standard InChI is InChI=1S/C13H23N3/c1-3-12(7-11-5-6-11)16-10-15-9-13(16)8-14-4-2/h9-12,14H,3-8H2,1-2H3. The van der Waals surface area contributed by atoms with Crippen molar-refractivity contribution in [1.29, 1.82) is 0 Å². The SMILES string of the molecule is CCNCc1cncn1C(CC)CC1CC1. The lowest BCUT2D eigenvalue weighted by Gasteiger charge is -2.19. The molecule has 0 spiro atoms. The Morgan fingerprint density at radius 2 is 2.31 bits per heavy atom. The fourth-order valence-electron chi connectivity index (χ4n) is 2.27. The van der Waals surface area contributed by atoms with E-state index in [9.17, 15) is 0 Å². The molecule has 0 amide bonds. The molecule has 1 atom stereocenters. The van der Waals surface area contributed by atoms with Gasteiger partial charge in [-0.1, -0.05) is 26.7 Å². The Balaban J connectivity index is 2.00. The summed E-state index contributed by atoms with van der Waals surface area (Å²) in [6.07, 6.45) is 9.43. The van der Waals surface area contributed by atoms with Crippen LogP contribution < -0.4 is 5.32 Å². The average molecular weight is 221 g/mol. The topological polar surface area (TPSA) is 29.9 Å². The van der Waals surface area contributed by atoms with Crippen LogP contribution in [0.4, 0.5) is 0 Å². The fourth-order valence-corrected chi connectivity index (χ4v) is 2.27. The molecule has 0 aromatic carbocycles. The first-order valence-electron chi connectivity index (χ1n) is 6.56. The number of hydrogen-bond donors (Lipinski definition) is 1. The van der Waals surface area contributed by atoms with Gasteiger partial charge in [-0.15, -0.1) is 0 Å². The van der Waals surface area contributed by atoms with Crippen molar-refractivity contribution in [3.8, 4) is 0 Å². The van der Waals surface area contributed by atoms with Crippen LogP contribution in [0.3, 0.4) is 0 Å². The molecule has 0 aliphatic heterocycles. The Bertz CT molecular complexity index is 315. The lowest BCUT2D eigenvalue weighted by Crippen LogP contribution is -2.18. The highest BCUT2D eigenvalue weighted by Crippen LogP contribution is 2.38. The smallest absolute Gasteiger partial charge is 0.0951 e. The van der Waals surface area contributed by atoms with E-state index in [0.717, 1.165) is 19.0 Å². The average Bonchev–Trinajstić information content (AvgIpc) is 3.00. The molecule has 0 saturated heterocycles. The van der Waals surface area contributed by atoms with Gasteiger partial charge in [0, 0.05) is 18.8 Å². The van der Waals surface area contributed by atoms with E-state index in [1.54, 1.807) is 0 Å². The molecule has 1 aliphatic carbocycles. The van der Waals surface area contributed by atoms with Gasteiger partial charge in [0.25, 0.3) is 0 Å². The van der Waals surface area contributed by atoms with Gasteiger partial charge in [0.15, 0.2) is 0 Å². The van der Waals surface area contributed by atoms with Crippen molar-refractivity contribution in [1.82, 2.24) is 14.9 Å². The number of aromatic nitrogens is 2. The molecule has 16 heavy (non-hydrogen) atoms. The maximum atomic E-state index is 4.29. The first-order valence-corrected chi connectivity index (χ1v) is 6.56. The summed E-state index contributed by atoms with van der Waals surface area (Å²) in [7, 11) is 0. The van der Waals surface area contributed by atoms with Gasteiger partial charge in [-0.3, -0.25) is 0 Å². The highest BCUT2D eigenvalue weighted by molar-refractivity contribution is 5.00. The third-order valence-electron chi connectivity index (χ3n) is 3.47. The van der Waals surface area contributed by atoms with Crippen LogP contribution in [0.2, 0.25) is 0 Å². The second-order valence-corrected chi connectivity index (χ2v) is 4.81. The van der Waals surface area contributed by atoms with Crippen molar-refractivity contribution >= 4 is 0 Å². The Hall–Kier alpha value is -0.830. The van der Waals surface area contributed by atoms with E-state index in [1.165, 1.54) is 31.4 Å². The highest BCUT2D eigenvalue weighted by Gasteiger charge is 2.26. The quantitative estimate of drug-likeness (QED) is 0.767. The number of imidazole rings is 1. The van der Waals surface area contributed by atoms with Crippen LogP contribution in [0, 0.1) is 5.92 Å². The van der Waals surface area contributed by atoms with Crippen LogP contribution in [0.5, 0.6) is 0 Å². The molecule has 0 radical (unpaired) electrons. The van der Waals surface area contributed by atoms with Gasteiger partial charge in [-0.25, -0.2) is 4.98 Å². The Labute approximate surface area is 98.3 Å². The molecule has 1 heterocycles. The highest BCUT2D eigenvalue weighted by atomic mass is 15.1. The number of nitrogens with one attached hydrogen (secondary N) is 1.